The van der Waals surface area contributed by atoms with E-state index in [-0.39, 0.29) is 0 Å². The molecule has 4 nitrogen and oxygen atoms in total. The highest BCUT2D eigenvalue weighted by Gasteiger charge is 2.36. The average Bonchev–Trinajstić information content (AvgIpc) is 2.67. The van der Waals surface area contributed by atoms with Gasteiger partial charge in [0.15, 0.2) is 6.20 Å². The second kappa shape index (κ2) is 10.3. The number of fused-ring (bicyclic) bond motifs is 1. The van der Waals surface area contributed by atoms with Crippen LogP contribution in [0.2, 0.25) is 6.04 Å². The quantitative estimate of drug-likeness (QED) is 0.252. The smallest absolute Gasteiger partial charge is 0.377 e. The molecule has 0 saturated heterocycles. The molecular formula is C19H30NO3SSi+. The fourth-order valence-corrected chi connectivity index (χ4v) is 6.00. The number of aromatic nitrogens is 1. The molecule has 0 aliphatic heterocycles. The van der Waals surface area contributed by atoms with Crippen molar-refractivity contribution in [2.75, 3.05) is 27.1 Å². The van der Waals surface area contributed by atoms with Gasteiger partial charge in [-0.05, 0) is 30.4 Å². The van der Waals surface area contributed by atoms with E-state index in [1.165, 1.54) is 28.6 Å². The molecule has 2 rings (SSSR count). The van der Waals surface area contributed by atoms with Gasteiger partial charge >= 0.3 is 8.80 Å². The Balaban J connectivity index is 2.08. The predicted octanol–water partition coefficient (Wildman–Crippen LogP) is 4.29. The maximum Gasteiger partial charge on any atom is 0.500 e. The summed E-state index contributed by atoms with van der Waals surface area (Å²) in [6, 6.07) is 11.7. The lowest BCUT2D eigenvalue weighted by Gasteiger charge is -2.24. The molecular weight excluding hydrogens is 350 g/mol. The molecule has 0 N–H and O–H groups in total. The largest absolute Gasteiger partial charge is 0.500 e. The van der Waals surface area contributed by atoms with Crippen LogP contribution in [0.5, 0.6) is 0 Å². The Morgan fingerprint density at radius 3 is 2.40 bits per heavy atom. The summed E-state index contributed by atoms with van der Waals surface area (Å²) >= 11 is 1.90. The van der Waals surface area contributed by atoms with Crippen molar-refractivity contribution >= 4 is 31.5 Å². The van der Waals surface area contributed by atoms with Crippen LogP contribution in [-0.4, -0.2) is 35.9 Å². The first-order chi connectivity index (χ1) is 12.2. The highest BCUT2D eigenvalue weighted by atomic mass is 32.2. The van der Waals surface area contributed by atoms with Crippen LogP contribution in [-0.2, 0) is 19.8 Å². The highest BCUT2D eigenvalue weighted by molar-refractivity contribution is 7.99. The lowest BCUT2D eigenvalue weighted by atomic mass is 10.2. The summed E-state index contributed by atoms with van der Waals surface area (Å²) in [4.78, 5) is 1.34. The topological polar surface area (TPSA) is 31.6 Å². The van der Waals surface area contributed by atoms with Gasteiger partial charge in [0, 0.05) is 45.2 Å². The van der Waals surface area contributed by atoms with Gasteiger partial charge in [-0.2, -0.15) is 4.57 Å². The van der Waals surface area contributed by atoms with Gasteiger partial charge in [0.25, 0.3) is 0 Å². The second-order valence-corrected chi connectivity index (χ2v) is 10.2. The van der Waals surface area contributed by atoms with Gasteiger partial charge in [-0.15, -0.1) is 11.8 Å². The Kier molecular flexibility index (Phi) is 8.38. The summed E-state index contributed by atoms with van der Waals surface area (Å²) < 4.78 is 18.9. The van der Waals surface area contributed by atoms with Crippen LogP contribution in [0.4, 0.5) is 0 Å². The fraction of sp³-hybridized carbons (Fsp3) is 0.526. The van der Waals surface area contributed by atoms with Crippen LogP contribution in [0.3, 0.4) is 0 Å². The summed E-state index contributed by atoms with van der Waals surface area (Å²) in [7, 11) is 2.57. The molecule has 1 aromatic carbocycles. The van der Waals surface area contributed by atoms with Gasteiger partial charge < -0.3 is 13.3 Å². The van der Waals surface area contributed by atoms with E-state index in [1.54, 1.807) is 21.3 Å². The molecule has 0 unspecified atom stereocenters. The van der Waals surface area contributed by atoms with Gasteiger partial charge in [0.2, 0.25) is 5.52 Å². The summed E-state index contributed by atoms with van der Waals surface area (Å²) in [5.41, 5.74) is 1.34. The standard InChI is InChI=1S/C19H30NO3SSi/c1-5-6-13-20-14-8-11-17-10-7-12-18(19(17)20)24-15-9-16-25(21-2,22-3)23-4/h7-8,10-12,14H,5-6,9,13,15-16H2,1-4H3/q+1. The van der Waals surface area contributed by atoms with Crippen LogP contribution in [0.15, 0.2) is 41.4 Å². The van der Waals surface area contributed by atoms with Gasteiger partial charge in [-0.3, -0.25) is 0 Å². The van der Waals surface area contributed by atoms with Crippen molar-refractivity contribution in [3.05, 3.63) is 36.5 Å². The van der Waals surface area contributed by atoms with Crippen molar-refractivity contribution in [1.82, 2.24) is 0 Å². The SMILES string of the molecule is CCCC[n+]1cccc2cccc(SCCC[Si](OC)(OC)OC)c21. The molecule has 1 heterocycles. The first kappa shape index (κ1) is 20.4. The van der Waals surface area contributed by atoms with E-state index < -0.39 is 8.80 Å². The third-order valence-corrected chi connectivity index (χ3v) is 8.39. The number of benzene rings is 1. The van der Waals surface area contributed by atoms with Gasteiger partial charge in [0.05, 0.1) is 4.90 Å². The molecule has 2 aromatic rings. The van der Waals surface area contributed by atoms with Crippen molar-refractivity contribution in [3.63, 3.8) is 0 Å². The van der Waals surface area contributed by atoms with Crippen molar-refractivity contribution in [1.29, 1.82) is 0 Å². The zero-order valence-electron chi connectivity index (χ0n) is 15.8. The minimum absolute atomic E-state index is 0.837. The fourth-order valence-electron chi connectivity index (χ4n) is 2.96. The summed E-state index contributed by atoms with van der Waals surface area (Å²) in [5, 5.41) is 1.30. The molecule has 0 aliphatic carbocycles. The van der Waals surface area contributed by atoms with Crippen LogP contribution in [0, 0.1) is 0 Å². The maximum atomic E-state index is 5.50. The van der Waals surface area contributed by atoms with E-state index in [0.717, 1.165) is 24.8 Å². The van der Waals surface area contributed by atoms with Crippen molar-refractivity contribution in [2.45, 2.75) is 43.7 Å². The molecule has 1 aromatic heterocycles. The van der Waals surface area contributed by atoms with Crippen LogP contribution >= 0.6 is 11.8 Å². The Morgan fingerprint density at radius 1 is 1.00 bits per heavy atom. The highest BCUT2D eigenvalue weighted by Crippen LogP contribution is 2.27. The van der Waals surface area contributed by atoms with Crippen LogP contribution in [0.1, 0.15) is 26.2 Å². The summed E-state index contributed by atoms with van der Waals surface area (Å²) in [6.45, 7) is 3.30. The zero-order valence-corrected chi connectivity index (χ0v) is 17.6. The minimum atomic E-state index is -2.46. The average molecular weight is 381 g/mol. The molecule has 0 saturated carbocycles. The minimum Gasteiger partial charge on any atom is -0.377 e. The molecule has 25 heavy (non-hydrogen) atoms. The Labute approximate surface area is 156 Å². The molecule has 0 radical (unpaired) electrons. The van der Waals surface area contributed by atoms with E-state index >= 15 is 0 Å². The lowest BCUT2D eigenvalue weighted by Crippen LogP contribution is -2.42. The Hall–Kier alpha value is -0.923. The second-order valence-electron chi connectivity index (χ2n) is 6.00. The number of hydrogen-bond donors (Lipinski definition) is 0. The number of thioether (sulfide) groups is 1. The summed E-state index contributed by atoms with van der Waals surface area (Å²) in [5.74, 6) is 1.02. The van der Waals surface area contributed by atoms with E-state index in [1.807, 2.05) is 11.8 Å². The van der Waals surface area contributed by atoms with Crippen LogP contribution in [0.25, 0.3) is 10.9 Å². The Bertz CT molecular complexity index is 651. The zero-order chi connectivity index (χ0) is 18.1. The van der Waals surface area contributed by atoms with Crippen LogP contribution < -0.4 is 4.57 Å². The van der Waals surface area contributed by atoms with E-state index in [9.17, 15) is 0 Å². The van der Waals surface area contributed by atoms with E-state index in [2.05, 4.69) is 48.0 Å². The molecule has 0 aliphatic rings. The van der Waals surface area contributed by atoms with E-state index in [0.29, 0.717) is 0 Å². The van der Waals surface area contributed by atoms with Crippen molar-refractivity contribution in [3.8, 4) is 0 Å². The lowest BCUT2D eigenvalue weighted by molar-refractivity contribution is -0.673. The predicted molar refractivity (Wildman–Crippen MR) is 106 cm³/mol. The first-order valence-corrected chi connectivity index (χ1v) is 11.8. The monoisotopic (exact) mass is 380 g/mol. The molecule has 0 atom stereocenters. The molecule has 0 bridgehead atoms. The van der Waals surface area contributed by atoms with Crippen molar-refractivity contribution in [2.24, 2.45) is 0 Å². The number of pyridine rings is 1. The van der Waals surface area contributed by atoms with Gasteiger partial charge in [-0.25, -0.2) is 0 Å². The number of rotatable bonds is 11. The molecule has 0 fully saturated rings. The molecule has 6 heteroatoms. The van der Waals surface area contributed by atoms with E-state index in [4.69, 9.17) is 13.3 Å². The number of aryl methyl sites for hydroxylation is 1. The first-order valence-electron chi connectivity index (χ1n) is 8.89. The number of unbranched alkanes of at least 4 members (excludes halogenated alkanes) is 1. The third-order valence-electron chi connectivity index (χ3n) is 4.43. The van der Waals surface area contributed by atoms with Crippen molar-refractivity contribution < 1.29 is 17.8 Å². The van der Waals surface area contributed by atoms with Gasteiger partial charge in [-0.1, -0.05) is 19.4 Å². The number of para-hydroxylation sites is 1. The maximum absolute atomic E-state index is 5.50. The number of hydrogen-bond acceptors (Lipinski definition) is 4. The van der Waals surface area contributed by atoms with Gasteiger partial charge in [0.1, 0.15) is 6.54 Å². The Morgan fingerprint density at radius 2 is 1.72 bits per heavy atom. The molecule has 138 valence electrons. The summed E-state index contributed by atoms with van der Waals surface area (Å²) in [6.07, 6.45) is 5.61. The molecule has 0 amide bonds. The number of nitrogens with zero attached hydrogens (tertiary/aromatic N) is 1. The normalized spacial score (nSPS) is 12.0. The third kappa shape index (κ3) is 5.28. The molecule has 0 spiro atoms.